The first kappa shape index (κ1) is 16.5. The van der Waals surface area contributed by atoms with E-state index >= 15 is 0 Å². The van der Waals surface area contributed by atoms with Crippen molar-refractivity contribution in [3.8, 4) is 0 Å². The predicted octanol–water partition coefficient (Wildman–Crippen LogP) is 2.63. The zero-order valence-electron chi connectivity index (χ0n) is 11.9. The quantitative estimate of drug-likeness (QED) is 0.880. The average Bonchev–Trinajstić information content (AvgIpc) is 2.37. The standard InChI is InChI=1S/C14H18BrNO4S/c1-9-5-12(15)7-13(6-9)21(19,20)16-8-11(14(17)18)4-3-10(16)2/h5-7,10-11H,3-4,8H2,1-2H3,(H,17,18). The number of rotatable bonds is 3. The molecule has 0 bridgehead atoms. The molecule has 1 aromatic carbocycles. The predicted molar refractivity (Wildman–Crippen MR) is 82.6 cm³/mol. The molecule has 116 valence electrons. The van der Waals surface area contributed by atoms with Crippen molar-refractivity contribution in [2.75, 3.05) is 6.54 Å². The van der Waals surface area contributed by atoms with Gasteiger partial charge in [0.25, 0.3) is 0 Å². The molecule has 1 heterocycles. The van der Waals surface area contributed by atoms with Crippen LogP contribution in [0.5, 0.6) is 0 Å². The fourth-order valence-corrected chi connectivity index (χ4v) is 5.19. The van der Waals surface area contributed by atoms with E-state index in [-0.39, 0.29) is 17.5 Å². The van der Waals surface area contributed by atoms with Gasteiger partial charge < -0.3 is 5.11 Å². The number of piperidine rings is 1. The third kappa shape index (κ3) is 3.46. The summed E-state index contributed by atoms with van der Waals surface area (Å²) in [4.78, 5) is 11.4. The zero-order chi connectivity index (χ0) is 15.8. The number of carboxylic acid groups (broad SMARTS) is 1. The van der Waals surface area contributed by atoms with E-state index < -0.39 is 21.9 Å². The third-order valence-electron chi connectivity index (χ3n) is 3.80. The van der Waals surface area contributed by atoms with Crippen molar-refractivity contribution in [2.45, 2.75) is 37.6 Å². The number of nitrogens with zero attached hydrogens (tertiary/aromatic N) is 1. The monoisotopic (exact) mass is 375 g/mol. The Kier molecular flexibility index (Phi) is 4.75. The van der Waals surface area contributed by atoms with Gasteiger partial charge in [-0.3, -0.25) is 4.79 Å². The van der Waals surface area contributed by atoms with Gasteiger partial charge in [-0.1, -0.05) is 15.9 Å². The zero-order valence-corrected chi connectivity index (χ0v) is 14.3. The number of hydrogen-bond donors (Lipinski definition) is 1. The highest BCUT2D eigenvalue weighted by atomic mass is 79.9. The molecule has 2 atom stereocenters. The maximum atomic E-state index is 12.8. The van der Waals surface area contributed by atoms with Gasteiger partial charge in [0.15, 0.2) is 0 Å². The Morgan fingerprint density at radius 2 is 2.00 bits per heavy atom. The van der Waals surface area contributed by atoms with Crippen molar-refractivity contribution in [1.29, 1.82) is 0 Å². The number of halogens is 1. The Morgan fingerprint density at radius 1 is 1.33 bits per heavy atom. The lowest BCUT2D eigenvalue weighted by molar-refractivity contribution is -0.143. The molecule has 21 heavy (non-hydrogen) atoms. The summed E-state index contributed by atoms with van der Waals surface area (Å²) >= 11 is 3.30. The number of sulfonamides is 1. The summed E-state index contributed by atoms with van der Waals surface area (Å²) in [6.45, 7) is 3.67. The lowest BCUT2D eigenvalue weighted by Crippen LogP contribution is -2.47. The number of aliphatic carboxylic acids is 1. The second-order valence-electron chi connectivity index (χ2n) is 5.50. The van der Waals surface area contributed by atoms with E-state index in [9.17, 15) is 13.2 Å². The van der Waals surface area contributed by atoms with E-state index in [1.807, 2.05) is 19.9 Å². The molecule has 0 radical (unpaired) electrons. The number of carboxylic acids is 1. The first-order chi connectivity index (χ1) is 9.71. The SMILES string of the molecule is Cc1cc(Br)cc(S(=O)(=O)N2CC(C(=O)O)CCC2C)c1. The molecule has 1 N–H and O–H groups in total. The Bertz CT molecular complexity index is 639. The summed E-state index contributed by atoms with van der Waals surface area (Å²) in [5.41, 5.74) is 0.836. The van der Waals surface area contributed by atoms with Gasteiger partial charge in [0.1, 0.15) is 0 Å². The van der Waals surface area contributed by atoms with Gasteiger partial charge in [0.2, 0.25) is 10.0 Å². The maximum absolute atomic E-state index is 12.8. The van der Waals surface area contributed by atoms with E-state index in [0.717, 1.165) is 5.56 Å². The van der Waals surface area contributed by atoms with Crippen molar-refractivity contribution in [2.24, 2.45) is 5.92 Å². The van der Waals surface area contributed by atoms with Gasteiger partial charge in [0.05, 0.1) is 10.8 Å². The van der Waals surface area contributed by atoms with Crippen molar-refractivity contribution >= 4 is 31.9 Å². The van der Waals surface area contributed by atoms with E-state index in [2.05, 4.69) is 15.9 Å². The van der Waals surface area contributed by atoms with Crippen LogP contribution >= 0.6 is 15.9 Å². The second kappa shape index (κ2) is 6.06. The molecular formula is C14H18BrNO4S. The minimum absolute atomic E-state index is 0.0321. The molecule has 7 heteroatoms. The maximum Gasteiger partial charge on any atom is 0.307 e. The minimum Gasteiger partial charge on any atom is -0.481 e. The molecule has 1 aromatic rings. The van der Waals surface area contributed by atoms with E-state index in [1.54, 1.807) is 12.1 Å². The van der Waals surface area contributed by atoms with Crippen molar-refractivity contribution in [3.05, 3.63) is 28.2 Å². The Hall–Kier alpha value is -0.920. The van der Waals surface area contributed by atoms with Gasteiger partial charge in [-0.2, -0.15) is 4.31 Å². The second-order valence-corrected chi connectivity index (χ2v) is 8.31. The van der Waals surface area contributed by atoms with Crippen molar-refractivity contribution in [3.63, 3.8) is 0 Å². The van der Waals surface area contributed by atoms with Crippen LogP contribution in [0.15, 0.2) is 27.6 Å². The molecule has 2 unspecified atom stereocenters. The van der Waals surface area contributed by atoms with Crippen LogP contribution in [0.2, 0.25) is 0 Å². The Labute approximate surface area is 133 Å². The summed E-state index contributed by atoms with van der Waals surface area (Å²) in [6, 6.07) is 4.81. The molecule has 2 rings (SSSR count). The van der Waals surface area contributed by atoms with Crippen LogP contribution in [0.1, 0.15) is 25.3 Å². The van der Waals surface area contributed by atoms with Crippen LogP contribution in [-0.2, 0) is 14.8 Å². The molecule has 0 spiro atoms. The highest BCUT2D eigenvalue weighted by Gasteiger charge is 2.37. The third-order valence-corrected chi connectivity index (χ3v) is 6.21. The highest BCUT2D eigenvalue weighted by molar-refractivity contribution is 9.10. The molecule has 0 saturated carbocycles. The Morgan fingerprint density at radius 3 is 2.57 bits per heavy atom. The molecule has 0 aliphatic carbocycles. The van der Waals surface area contributed by atoms with Gasteiger partial charge in [-0.05, 0) is 50.5 Å². The molecule has 0 aromatic heterocycles. The largest absolute Gasteiger partial charge is 0.481 e. The van der Waals surface area contributed by atoms with Crippen LogP contribution < -0.4 is 0 Å². The molecule has 1 saturated heterocycles. The summed E-state index contributed by atoms with van der Waals surface area (Å²) in [5, 5.41) is 9.14. The molecule has 1 aliphatic heterocycles. The fraction of sp³-hybridized carbons (Fsp3) is 0.500. The van der Waals surface area contributed by atoms with Gasteiger partial charge in [0, 0.05) is 17.1 Å². The molecule has 1 fully saturated rings. The van der Waals surface area contributed by atoms with E-state index in [4.69, 9.17) is 5.11 Å². The van der Waals surface area contributed by atoms with Crippen LogP contribution in [-0.4, -0.2) is 36.4 Å². The molecule has 0 amide bonds. The molecular weight excluding hydrogens is 358 g/mol. The number of benzene rings is 1. The summed E-state index contributed by atoms with van der Waals surface area (Å²) in [5.74, 6) is -1.57. The molecule has 5 nitrogen and oxygen atoms in total. The Balaban J connectivity index is 2.39. The lowest BCUT2D eigenvalue weighted by atomic mass is 9.96. The number of carbonyl (C=O) groups is 1. The average molecular weight is 376 g/mol. The van der Waals surface area contributed by atoms with Crippen LogP contribution in [0.25, 0.3) is 0 Å². The van der Waals surface area contributed by atoms with Crippen molar-refractivity contribution < 1.29 is 18.3 Å². The van der Waals surface area contributed by atoms with Crippen LogP contribution in [0, 0.1) is 12.8 Å². The van der Waals surface area contributed by atoms with Crippen molar-refractivity contribution in [1.82, 2.24) is 4.31 Å². The van der Waals surface area contributed by atoms with Crippen LogP contribution in [0.3, 0.4) is 0 Å². The fourth-order valence-electron chi connectivity index (χ4n) is 2.60. The normalized spacial score (nSPS) is 24.0. The van der Waals surface area contributed by atoms with E-state index in [0.29, 0.717) is 17.3 Å². The van der Waals surface area contributed by atoms with Gasteiger partial charge in [-0.15, -0.1) is 0 Å². The first-order valence-electron chi connectivity index (χ1n) is 6.73. The van der Waals surface area contributed by atoms with Crippen LogP contribution in [0.4, 0.5) is 0 Å². The number of aryl methyl sites for hydroxylation is 1. The number of hydrogen-bond acceptors (Lipinski definition) is 3. The van der Waals surface area contributed by atoms with E-state index in [1.165, 1.54) is 4.31 Å². The summed E-state index contributed by atoms with van der Waals surface area (Å²) in [6.07, 6.45) is 1.07. The summed E-state index contributed by atoms with van der Waals surface area (Å²) < 4.78 is 27.6. The molecule has 1 aliphatic rings. The summed E-state index contributed by atoms with van der Waals surface area (Å²) in [7, 11) is -3.68. The smallest absolute Gasteiger partial charge is 0.307 e. The lowest BCUT2D eigenvalue weighted by Gasteiger charge is -2.35. The van der Waals surface area contributed by atoms with Gasteiger partial charge in [-0.25, -0.2) is 8.42 Å². The first-order valence-corrected chi connectivity index (χ1v) is 8.97. The minimum atomic E-state index is -3.68. The highest BCUT2D eigenvalue weighted by Crippen LogP contribution is 2.29. The topological polar surface area (TPSA) is 74.7 Å². The van der Waals surface area contributed by atoms with Gasteiger partial charge >= 0.3 is 5.97 Å².